The molecule has 0 spiro atoms. The van der Waals surface area contributed by atoms with Crippen LogP contribution in [0.15, 0.2) is 24.3 Å². The van der Waals surface area contributed by atoms with Crippen molar-refractivity contribution in [3.05, 3.63) is 24.3 Å². The highest BCUT2D eigenvalue weighted by Crippen LogP contribution is 2.58. The predicted octanol–water partition coefficient (Wildman–Crippen LogP) is 3.41. The molecule has 0 aromatic heterocycles. The number of hydrogen-bond acceptors (Lipinski definition) is 6. The maximum Gasteiger partial charge on any atom is 0.211 e. The van der Waals surface area contributed by atoms with Crippen LogP contribution in [0.5, 0.6) is 34.5 Å². The third-order valence-corrected chi connectivity index (χ3v) is 3.68. The van der Waals surface area contributed by atoms with Gasteiger partial charge in [-0.05, 0) is 6.07 Å². The highest BCUT2D eigenvalue weighted by atomic mass is 16.6. The molecule has 2 aromatic carbocycles. The summed E-state index contributed by atoms with van der Waals surface area (Å²) in [7, 11) is 9.33. The zero-order valence-corrected chi connectivity index (χ0v) is 14.8. The monoisotopic (exact) mass is 334 g/mol. The van der Waals surface area contributed by atoms with Gasteiger partial charge in [-0.15, -0.1) is 0 Å². The van der Waals surface area contributed by atoms with E-state index >= 15 is 0 Å². The molecule has 24 heavy (non-hydrogen) atoms. The molecule has 6 heteroatoms. The Kier molecular flexibility index (Phi) is 5.63. The standard InChI is InChI=1S/C18H22O6/c1-19-12-10-8-7-9-11(12)13-14(20-2)16(22-4)18(24-6)17(23-5)15(13)21-3/h7-10H,1-6H3. The van der Waals surface area contributed by atoms with Crippen LogP contribution in [0.1, 0.15) is 0 Å². The third kappa shape index (κ3) is 2.75. The molecule has 0 bridgehead atoms. The molecule has 0 heterocycles. The van der Waals surface area contributed by atoms with Crippen molar-refractivity contribution in [2.45, 2.75) is 0 Å². The second kappa shape index (κ2) is 7.68. The highest BCUT2D eigenvalue weighted by Gasteiger charge is 2.30. The second-order valence-electron chi connectivity index (χ2n) is 4.74. The van der Waals surface area contributed by atoms with Crippen molar-refractivity contribution in [3.63, 3.8) is 0 Å². The fraction of sp³-hybridized carbons (Fsp3) is 0.333. The van der Waals surface area contributed by atoms with Gasteiger partial charge < -0.3 is 28.4 Å². The van der Waals surface area contributed by atoms with Crippen molar-refractivity contribution in [1.82, 2.24) is 0 Å². The molecule has 0 atom stereocenters. The lowest BCUT2D eigenvalue weighted by Crippen LogP contribution is -2.03. The quantitative estimate of drug-likeness (QED) is 0.773. The lowest BCUT2D eigenvalue weighted by Gasteiger charge is -2.23. The Bertz CT molecular complexity index is 678. The minimum atomic E-state index is 0.396. The van der Waals surface area contributed by atoms with Crippen LogP contribution in [-0.4, -0.2) is 42.7 Å². The summed E-state index contributed by atoms with van der Waals surface area (Å²) in [4.78, 5) is 0. The summed E-state index contributed by atoms with van der Waals surface area (Å²) in [6.45, 7) is 0. The minimum absolute atomic E-state index is 0.396. The molecule has 0 aliphatic carbocycles. The first-order chi connectivity index (χ1) is 11.7. The van der Waals surface area contributed by atoms with E-state index in [1.807, 2.05) is 24.3 Å². The largest absolute Gasteiger partial charge is 0.496 e. The van der Waals surface area contributed by atoms with Gasteiger partial charge in [0.1, 0.15) is 5.75 Å². The maximum absolute atomic E-state index is 5.61. The number of benzene rings is 2. The summed E-state index contributed by atoms with van der Waals surface area (Å²) in [5.41, 5.74) is 1.44. The van der Waals surface area contributed by atoms with Gasteiger partial charge in [-0.1, -0.05) is 18.2 Å². The fourth-order valence-corrected chi connectivity index (χ4v) is 2.68. The van der Waals surface area contributed by atoms with Crippen LogP contribution < -0.4 is 28.4 Å². The van der Waals surface area contributed by atoms with Crippen LogP contribution in [0.4, 0.5) is 0 Å². The van der Waals surface area contributed by atoms with E-state index in [4.69, 9.17) is 28.4 Å². The Balaban J connectivity index is 2.97. The SMILES string of the molecule is COc1ccccc1-c1c(OC)c(OC)c(OC)c(OC)c1OC. The van der Waals surface area contributed by atoms with E-state index in [0.29, 0.717) is 40.1 Å². The topological polar surface area (TPSA) is 55.4 Å². The average Bonchev–Trinajstić information content (AvgIpc) is 2.64. The Morgan fingerprint density at radius 3 is 1.33 bits per heavy atom. The maximum atomic E-state index is 5.61. The molecule has 0 saturated carbocycles. The van der Waals surface area contributed by atoms with E-state index in [9.17, 15) is 0 Å². The third-order valence-electron chi connectivity index (χ3n) is 3.68. The molecule has 0 radical (unpaired) electrons. The van der Waals surface area contributed by atoms with Crippen molar-refractivity contribution in [3.8, 4) is 45.6 Å². The molecular formula is C18H22O6. The van der Waals surface area contributed by atoms with Crippen LogP contribution in [0.25, 0.3) is 11.1 Å². The smallest absolute Gasteiger partial charge is 0.211 e. The van der Waals surface area contributed by atoms with Gasteiger partial charge in [-0.2, -0.15) is 0 Å². The number of hydrogen-bond donors (Lipinski definition) is 0. The fourth-order valence-electron chi connectivity index (χ4n) is 2.68. The molecule has 0 amide bonds. The summed E-state index contributed by atoms with van der Waals surface area (Å²) >= 11 is 0. The highest BCUT2D eigenvalue weighted by molar-refractivity contribution is 5.89. The van der Waals surface area contributed by atoms with Gasteiger partial charge in [-0.25, -0.2) is 0 Å². The first-order valence-electron chi connectivity index (χ1n) is 7.25. The minimum Gasteiger partial charge on any atom is -0.496 e. The van der Waals surface area contributed by atoms with Crippen LogP contribution in [-0.2, 0) is 0 Å². The van der Waals surface area contributed by atoms with E-state index < -0.39 is 0 Å². The van der Waals surface area contributed by atoms with Crippen LogP contribution in [0, 0.1) is 0 Å². The zero-order valence-electron chi connectivity index (χ0n) is 14.8. The van der Waals surface area contributed by atoms with Crippen LogP contribution in [0.3, 0.4) is 0 Å². The molecule has 2 rings (SSSR count). The average molecular weight is 334 g/mol. The first kappa shape index (κ1) is 17.6. The summed E-state index contributed by atoms with van der Waals surface area (Å²) in [6, 6.07) is 7.56. The van der Waals surface area contributed by atoms with Gasteiger partial charge in [0.05, 0.1) is 48.2 Å². The Morgan fingerprint density at radius 1 is 0.500 bits per heavy atom. The number of methoxy groups -OCH3 is 6. The molecule has 0 fully saturated rings. The van der Waals surface area contributed by atoms with Crippen molar-refractivity contribution < 1.29 is 28.4 Å². The van der Waals surface area contributed by atoms with Gasteiger partial charge >= 0.3 is 0 Å². The van der Waals surface area contributed by atoms with Crippen molar-refractivity contribution in [2.24, 2.45) is 0 Å². The molecule has 0 aliphatic rings. The Labute approximate surface area is 141 Å². The first-order valence-corrected chi connectivity index (χ1v) is 7.25. The molecule has 0 saturated heterocycles. The molecule has 130 valence electrons. The number of rotatable bonds is 7. The van der Waals surface area contributed by atoms with E-state index in [2.05, 4.69) is 0 Å². The van der Waals surface area contributed by atoms with Gasteiger partial charge in [0.25, 0.3) is 0 Å². The van der Waals surface area contributed by atoms with E-state index in [-0.39, 0.29) is 0 Å². The van der Waals surface area contributed by atoms with Gasteiger partial charge in [-0.3, -0.25) is 0 Å². The second-order valence-corrected chi connectivity index (χ2v) is 4.74. The van der Waals surface area contributed by atoms with Crippen molar-refractivity contribution in [1.29, 1.82) is 0 Å². The normalized spacial score (nSPS) is 10.1. The summed E-state index contributed by atoms with van der Waals surface area (Å²) < 4.78 is 33.2. The lowest BCUT2D eigenvalue weighted by atomic mass is 10.00. The van der Waals surface area contributed by atoms with Crippen LogP contribution in [0.2, 0.25) is 0 Å². The number of ether oxygens (including phenoxy) is 6. The molecule has 2 aromatic rings. The van der Waals surface area contributed by atoms with Crippen molar-refractivity contribution in [2.75, 3.05) is 42.7 Å². The molecule has 0 aliphatic heterocycles. The molecular weight excluding hydrogens is 312 g/mol. The van der Waals surface area contributed by atoms with E-state index in [0.717, 1.165) is 5.56 Å². The van der Waals surface area contributed by atoms with Gasteiger partial charge in [0.2, 0.25) is 17.2 Å². The Hall–Kier alpha value is -2.76. The van der Waals surface area contributed by atoms with Crippen molar-refractivity contribution >= 4 is 0 Å². The Morgan fingerprint density at radius 2 is 0.917 bits per heavy atom. The zero-order chi connectivity index (χ0) is 17.7. The summed E-state index contributed by atoms with van der Waals surface area (Å²) in [6.07, 6.45) is 0. The summed E-state index contributed by atoms with van der Waals surface area (Å²) in [5.74, 6) is 2.83. The lowest BCUT2D eigenvalue weighted by molar-refractivity contribution is 0.292. The van der Waals surface area contributed by atoms with E-state index in [1.54, 1.807) is 21.3 Å². The molecule has 6 nitrogen and oxygen atoms in total. The molecule has 0 unspecified atom stereocenters. The predicted molar refractivity (Wildman–Crippen MR) is 91.2 cm³/mol. The van der Waals surface area contributed by atoms with E-state index in [1.165, 1.54) is 21.3 Å². The summed E-state index contributed by atoms with van der Waals surface area (Å²) in [5, 5.41) is 0. The molecule has 0 N–H and O–H groups in total. The van der Waals surface area contributed by atoms with Gasteiger partial charge in [0, 0.05) is 5.56 Å². The number of para-hydroxylation sites is 1. The van der Waals surface area contributed by atoms with Gasteiger partial charge in [0.15, 0.2) is 11.5 Å². The van der Waals surface area contributed by atoms with Crippen LogP contribution >= 0.6 is 0 Å².